The molecule has 4 nitrogen and oxygen atoms in total. The monoisotopic (exact) mass is 502 g/mol. The number of amides is 1. The number of carbonyl (C=O) groups is 1. The van der Waals surface area contributed by atoms with E-state index < -0.39 is 29.1 Å². The lowest BCUT2D eigenvalue weighted by Crippen LogP contribution is -2.44. The van der Waals surface area contributed by atoms with Crippen LogP contribution in [0.4, 0.5) is 31.1 Å². The Kier molecular flexibility index (Phi) is 7.74. The highest BCUT2D eigenvalue weighted by molar-refractivity contribution is 5.69. The van der Waals surface area contributed by atoms with E-state index >= 15 is 0 Å². The third kappa shape index (κ3) is 7.37. The summed E-state index contributed by atoms with van der Waals surface area (Å²) in [5.41, 5.74) is -2.54. The van der Waals surface area contributed by atoms with Gasteiger partial charge in [-0.05, 0) is 74.6 Å². The lowest BCUT2D eigenvalue weighted by Gasteiger charge is -2.28. The van der Waals surface area contributed by atoms with Crippen LogP contribution in [0.3, 0.4) is 0 Å². The van der Waals surface area contributed by atoms with E-state index in [0.29, 0.717) is 25.2 Å². The first-order chi connectivity index (χ1) is 16.1. The Morgan fingerprint density at radius 3 is 2.17 bits per heavy atom. The summed E-state index contributed by atoms with van der Waals surface area (Å²) in [7, 11) is 0. The van der Waals surface area contributed by atoms with Crippen molar-refractivity contribution in [1.82, 2.24) is 10.2 Å². The van der Waals surface area contributed by atoms with E-state index in [4.69, 9.17) is 4.74 Å². The Balaban J connectivity index is 1.72. The molecule has 0 unspecified atom stereocenters. The number of hydrogen-bond acceptors (Lipinski definition) is 3. The molecule has 10 heteroatoms. The van der Waals surface area contributed by atoms with Gasteiger partial charge in [-0.15, -0.1) is 0 Å². The van der Waals surface area contributed by atoms with Crippen molar-refractivity contribution in [3.05, 3.63) is 59.2 Å². The first-order valence-electron chi connectivity index (χ1n) is 11.2. The molecule has 0 radical (unpaired) electrons. The first kappa shape index (κ1) is 26.8. The number of carbonyl (C=O) groups excluding carboxylic acids is 1. The molecule has 1 fully saturated rings. The Labute approximate surface area is 200 Å². The maximum absolute atomic E-state index is 13.2. The van der Waals surface area contributed by atoms with E-state index in [-0.39, 0.29) is 29.3 Å². The van der Waals surface area contributed by atoms with Gasteiger partial charge >= 0.3 is 18.4 Å². The normalized spacial score (nSPS) is 17.1. The van der Waals surface area contributed by atoms with Crippen molar-refractivity contribution in [2.45, 2.75) is 64.2 Å². The molecule has 1 saturated heterocycles. The van der Waals surface area contributed by atoms with Gasteiger partial charge in [-0.1, -0.05) is 18.2 Å². The van der Waals surface area contributed by atoms with Gasteiger partial charge in [-0.3, -0.25) is 0 Å². The lowest BCUT2D eigenvalue weighted by molar-refractivity contribution is -0.143. The Morgan fingerprint density at radius 1 is 0.971 bits per heavy atom. The summed E-state index contributed by atoms with van der Waals surface area (Å²) in [6.45, 7) is 6.78. The van der Waals surface area contributed by atoms with Gasteiger partial charge in [-0.2, -0.15) is 26.3 Å². The van der Waals surface area contributed by atoms with Gasteiger partial charge < -0.3 is 15.0 Å². The second-order valence-electron chi connectivity index (χ2n) is 9.60. The molecule has 1 N–H and O–H groups in total. The summed E-state index contributed by atoms with van der Waals surface area (Å²) in [5.74, 6) is 0. The molecule has 35 heavy (non-hydrogen) atoms. The Morgan fingerprint density at radius 2 is 1.60 bits per heavy atom. The molecule has 0 aliphatic carbocycles. The second kappa shape index (κ2) is 10.1. The van der Waals surface area contributed by atoms with Crippen molar-refractivity contribution >= 4 is 6.09 Å². The van der Waals surface area contributed by atoms with Gasteiger partial charge in [0.1, 0.15) is 5.60 Å². The average Bonchev–Trinajstić information content (AvgIpc) is 3.20. The molecule has 0 bridgehead atoms. The topological polar surface area (TPSA) is 41.6 Å². The number of hydrogen-bond donors (Lipinski definition) is 1. The van der Waals surface area contributed by atoms with Crippen LogP contribution < -0.4 is 5.32 Å². The fraction of sp³-hybridized carbons (Fsp3) is 0.480. The number of ether oxygens (including phenoxy) is 1. The molecule has 2 aromatic carbocycles. The molecule has 2 aromatic rings. The van der Waals surface area contributed by atoms with E-state index in [1.807, 2.05) is 0 Å². The van der Waals surface area contributed by atoms with Crippen LogP contribution in [0.15, 0.2) is 42.5 Å². The number of benzene rings is 2. The molecule has 1 atom stereocenters. The minimum atomic E-state index is -4.91. The van der Waals surface area contributed by atoms with Crippen LogP contribution in [-0.2, 0) is 23.6 Å². The van der Waals surface area contributed by atoms with Gasteiger partial charge in [0.05, 0.1) is 11.1 Å². The zero-order chi connectivity index (χ0) is 26.0. The predicted molar refractivity (Wildman–Crippen MR) is 120 cm³/mol. The summed E-state index contributed by atoms with van der Waals surface area (Å²) in [5, 5.41) is 3.23. The quantitative estimate of drug-likeness (QED) is 0.453. The number of rotatable bonds is 5. The van der Waals surface area contributed by atoms with Crippen LogP contribution in [0.5, 0.6) is 0 Å². The zero-order valence-electron chi connectivity index (χ0n) is 19.7. The summed E-state index contributed by atoms with van der Waals surface area (Å²) in [4.78, 5) is 14.1. The van der Waals surface area contributed by atoms with Crippen molar-refractivity contribution in [3.63, 3.8) is 0 Å². The maximum Gasteiger partial charge on any atom is 0.416 e. The molecule has 1 aliphatic heterocycles. The van der Waals surface area contributed by atoms with Gasteiger partial charge in [-0.25, -0.2) is 4.79 Å². The minimum Gasteiger partial charge on any atom is -0.444 e. The van der Waals surface area contributed by atoms with Gasteiger partial charge in [0.2, 0.25) is 0 Å². The Hall–Kier alpha value is -2.75. The molecule has 1 heterocycles. The Bertz CT molecular complexity index is 1010. The van der Waals surface area contributed by atoms with Crippen LogP contribution in [0.1, 0.15) is 50.3 Å². The highest BCUT2D eigenvalue weighted by atomic mass is 19.4. The van der Waals surface area contributed by atoms with E-state index in [1.165, 1.54) is 6.07 Å². The molecule has 0 spiro atoms. The van der Waals surface area contributed by atoms with Gasteiger partial charge in [0, 0.05) is 25.7 Å². The van der Waals surface area contributed by atoms with Gasteiger partial charge in [0.15, 0.2) is 0 Å². The molecule has 1 aliphatic rings. The molecule has 0 saturated carbocycles. The highest BCUT2D eigenvalue weighted by Gasteiger charge is 2.37. The van der Waals surface area contributed by atoms with E-state index in [0.717, 1.165) is 25.0 Å². The molecule has 3 rings (SSSR count). The predicted octanol–water partition coefficient (Wildman–Crippen LogP) is 6.88. The standard InChI is InChI=1S/C25H28F6N2O2/c1-23(2,3)35-22(34)33-9-5-8-21(33)15-32-14-16-6-4-7-17(10-16)18-11-19(24(26,27)28)13-20(12-18)25(29,30)31/h4,6-7,10-13,21,32H,5,8-9,14-15H2,1-3H3/t21-/m0/s1. The van der Waals surface area contributed by atoms with E-state index in [2.05, 4.69) is 5.32 Å². The number of likely N-dealkylation sites (tertiary alicyclic amines) is 1. The van der Waals surface area contributed by atoms with Crippen molar-refractivity contribution in [1.29, 1.82) is 0 Å². The van der Waals surface area contributed by atoms with Crippen molar-refractivity contribution in [2.75, 3.05) is 13.1 Å². The van der Waals surface area contributed by atoms with Crippen LogP contribution in [-0.4, -0.2) is 35.7 Å². The fourth-order valence-electron chi connectivity index (χ4n) is 3.97. The summed E-state index contributed by atoms with van der Waals surface area (Å²) in [6.07, 6.45) is -8.55. The lowest BCUT2D eigenvalue weighted by atomic mass is 9.98. The first-order valence-corrected chi connectivity index (χ1v) is 11.2. The minimum absolute atomic E-state index is 0.0640. The van der Waals surface area contributed by atoms with Crippen LogP contribution in [0.2, 0.25) is 0 Å². The third-order valence-corrected chi connectivity index (χ3v) is 5.56. The number of nitrogens with one attached hydrogen (secondary N) is 1. The third-order valence-electron chi connectivity index (χ3n) is 5.56. The SMILES string of the molecule is CC(C)(C)OC(=O)N1CCC[C@H]1CNCc1cccc(-c2cc(C(F)(F)F)cc(C(F)(F)F)c2)c1. The molecular formula is C25H28F6N2O2. The smallest absolute Gasteiger partial charge is 0.416 e. The number of halogens is 6. The molecular weight excluding hydrogens is 474 g/mol. The average molecular weight is 502 g/mol. The maximum atomic E-state index is 13.2. The van der Waals surface area contributed by atoms with Crippen LogP contribution in [0.25, 0.3) is 11.1 Å². The van der Waals surface area contributed by atoms with Crippen LogP contribution >= 0.6 is 0 Å². The summed E-state index contributed by atoms with van der Waals surface area (Å²) >= 11 is 0. The number of nitrogens with zero attached hydrogens (tertiary/aromatic N) is 1. The van der Waals surface area contributed by atoms with Crippen LogP contribution in [0, 0.1) is 0 Å². The molecule has 192 valence electrons. The summed E-state index contributed by atoms with van der Waals surface area (Å²) in [6, 6.07) is 7.84. The second-order valence-corrected chi connectivity index (χ2v) is 9.60. The van der Waals surface area contributed by atoms with Crippen molar-refractivity contribution in [2.24, 2.45) is 0 Å². The summed E-state index contributed by atoms with van der Waals surface area (Å²) < 4.78 is 84.7. The highest BCUT2D eigenvalue weighted by Crippen LogP contribution is 2.38. The van der Waals surface area contributed by atoms with Crippen molar-refractivity contribution in [3.8, 4) is 11.1 Å². The van der Waals surface area contributed by atoms with Gasteiger partial charge in [0.25, 0.3) is 0 Å². The van der Waals surface area contributed by atoms with E-state index in [9.17, 15) is 31.1 Å². The largest absolute Gasteiger partial charge is 0.444 e. The van der Waals surface area contributed by atoms with E-state index in [1.54, 1.807) is 43.9 Å². The number of alkyl halides is 6. The van der Waals surface area contributed by atoms with Crippen molar-refractivity contribution < 1.29 is 35.9 Å². The zero-order valence-corrected chi connectivity index (χ0v) is 19.7. The fourth-order valence-corrected chi connectivity index (χ4v) is 3.97. The molecule has 1 amide bonds. The molecule has 0 aromatic heterocycles.